The van der Waals surface area contributed by atoms with Crippen LogP contribution in [0.4, 0.5) is 0 Å². The molecule has 0 amide bonds. The Bertz CT molecular complexity index is 388. The highest BCUT2D eigenvalue weighted by Crippen LogP contribution is 2.22. The van der Waals surface area contributed by atoms with Crippen LogP contribution in [0, 0.1) is 0 Å². The van der Waals surface area contributed by atoms with Crippen LogP contribution in [0.25, 0.3) is 0 Å². The van der Waals surface area contributed by atoms with Gasteiger partial charge in [0.25, 0.3) is 0 Å². The van der Waals surface area contributed by atoms with Gasteiger partial charge in [-0.2, -0.15) is 0 Å². The molecule has 0 aromatic heterocycles. The number of hydrogen-bond donors (Lipinski definition) is 1. The number of nitrogens with two attached hydrogens (primary N) is 1. The lowest BCUT2D eigenvalue weighted by Crippen LogP contribution is -2.54. The molecule has 4 heteroatoms. The van der Waals surface area contributed by atoms with Crippen molar-refractivity contribution in [1.82, 2.24) is 4.90 Å². The van der Waals surface area contributed by atoms with E-state index in [4.69, 9.17) is 10.5 Å². The minimum Gasteiger partial charge on any atom is -0.380 e. The summed E-state index contributed by atoms with van der Waals surface area (Å²) >= 11 is 3.48. The summed E-state index contributed by atoms with van der Waals surface area (Å²) in [5.74, 6) is 0. The molecule has 0 aliphatic carbocycles. The second kappa shape index (κ2) is 6.84. The Morgan fingerprint density at radius 3 is 2.68 bits per heavy atom. The Kier molecular flexibility index (Phi) is 5.39. The molecular weight excluding hydrogens is 304 g/mol. The molecule has 0 bridgehead atoms. The van der Waals surface area contributed by atoms with E-state index in [2.05, 4.69) is 52.0 Å². The average Bonchev–Trinajstić information content (AvgIpc) is 2.71. The molecule has 1 atom stereocenters. The number of ether oxygens (including phenoxy) is 1. The van der Waals surface area contributed by atoms with Crippen LogP contribution >= 0.6 is 15.9 Å². The first-order chi connectivity index (χ1) is 9.14. The molecule has 1 aromatic rings. The van der Waals surface area contributed by atoms with Crippen LogP contribution in [0.15, 0.2) is 28.7 Å². The van der Waals surface area contributed by atoms with E-state index >= 15 is 0 Å². The molecule has 1 fully saturated rings. The maximum Gasteiger partial charge on any atom is 0.0593 e. The van der Waals surface area contributed by atoms with Crippen molar-refractivity contribution in [3.8, 4) is 0 Å². The Morgan fingerprint density at radius 1 is 1.26 bits per heavy atom. The van der Waals surface area contributed by atoms with Crippen molar-refractivity contribution in [2.45, 2.75) is 25.3 Å². The normalized spacial score (nSPS) is 20.8. The fraction of sp³-hybridized carbons (Fsp3) is 0.600. The molecule has 0 radical (unpaired) electrons. The third-order valence-electron chi connectivity index (χ3n) is 3.92. The van der Waals surface area contributed by atoms with Gasteiger partial charge in [0, 0.05) is 36.3 Å². The molecule has 2 N–H and O–H groups in total. The minimum atomic E-state index is 0.0154. The van der Waals surface area contributed by atoms with Gasteiger partial charge in [0.15, 0.2) is 0 Å². The lowest BCUT2D eigenvalue weighted by molar-refractivity contribution is 0.0939. The van der Waals surface area contributed by atoms with E-state index < -0.39 is 0 Å². The lowest BCUT2D eigenvalue weighted by Gasteiger charge is -2.40. The number of rotatable bonds is 4. The van der Waals surface area contributed by atoms with Crippen LogP contribution in [0.1, 0.15) is 18.9 Å². The van der Waals surface area contributed by atoms with Gasteiger partial charge in [0.1, 0.15) is 0 Å². The van der Waals surface area contributed by atoms with Gasteiger partial charge in [0.2, 0.25) is 0 Å². The summed E-state index contributed by atoms with van der Waals surface area (Å²) < 4.78 is 6.66. The maximum atomic E-state index is 6.07. The average molecular weight is 327 g/mol. The first-order valence-corrected chi connectivity index (χ1v) is 7.71. The second-order valence-electron chi connectivity index (χ2n) is 5.46. The van der Waals surface area contributed by atoms with Crippen molar-refractivity contribution < 1.29 is 4.74 Å². The van der Waals surface area contributed by atoms with Gasteiger partial charge in [-0.15, -0.1) is 0 Å². The summed E-state index contributed by atoms with van der Waals surface area (Å²) in [6.45, 7) is 6.67. The van der Waals surface area contributed by atoms with E-state index in [1.54, 1.807) is 0 Å². The fourth-order valence-electron chi connectivity index (χ4n) is 2.64. The summed E-state index contributed by atoms with van der Waals surface area (Å²) in [4.78, 5) is 2.49. The number of halogens is 1. The van der Waals surface area contributed by atoms with Crippen LogP contribution in [0.3, 0.4) is 0 Å². The van der Waals surface area contributed by atoms with Crippen molar-refractivity contribution >= 4 is 15.9 Å². The van der Waals surface area contributed by atoms with Crippen LogP contribution in [0.5, 0.6) is 0 Å². The number of benzene rings is 1. The maximum absolute atomic E-state index is 6.07. The minimum absolute atomic E-state index is 0.0154. The van der Waals surface area contributed by atoms with Gasteiger partial charge < -0.3 is 10.5 Å². The highest BCUT2D eigenvalue weighted by atomic mass is 79.9. The molecule has 1 saturated heterocycles. The van der Waals surface area contributed by atoms with Gasteiger partial charge in [-0.25, -0.2) is 0 Å². The molecule has 1 aliphatic rings. The summed E-state index contributed by atoms with van der Waals surface area (Å²) in [5, 5.41) is 0. The largest absolute Gasteiger partial charge is 0.380 e. The van der Waals surface area contributed by atoms with Crippen molar-refractivity contribution in [1.29, 1.82) is 0 Å². The molecule has 3 nitrogen and oxygen atoms in total. The molecule has 1 aliphatic heterocycles. The van der Waals surface area contributed by atoms with E-state index in [-0.39, 0.29) is 5.54 Å². The van der Waals surface area contributed by atoms with E-state index in [1.165, 1.54) is 5.56 Å². The van der Waals surface area contributed by atoms with Crippen molar-refractivity contribution in [3.05, 3.63) is 34.3 Å². The van der Waals surface area contributed by atoms with Crippen molar-refractivity contribution in [2.24, 2.45) is 5.73 Å². The summed E-state index contributed by atoms with van der Waals surface area (Å²) in [6, 6.07) is 8.54. The van der Waals surface area contributed by atoms with Crippen LogP contribution < -0.4 is 5.73 Å². The second-order valence-corrected chi connectivity index (χ2v) is 6.37. The Hall–Kier alpha value is -0.420. The Labute approximate surface area is 124 Å². The van der Waals surface area contributed by atoms with Gasteiger partial charge in [-0.05, 0) is 37.5 Å². The topological polar surface area (TPSA) is 38.5 Å². The molecule has 19 heavy (non-hydrogen) atoms. The summed E-state index contributed by atoms with van der Waals surface area (Å²) in [6.07, 6.45) is 2.08. The number of nitrogens with zero attached hydrogens (tertiary/aromatic N) is 1. The smallest absolute Gasteiger partial charge is 0.0593 e. The molecule has 0 spiro atoms. The third kappa shape index (κ3) is 4.02. The predicted octanol–water partition coefficient (Wildman–Crippen LogP) is 2.43. The molecular formula is C15H23BrN2O. The monoisotopic (exact) mass is 326 g/mol. The van der Waals surface area contributed by atoms with Crippen molar-refractivity contribution in [2.75, 3.05) is 32.8 Å². The molecule has 2 rings (SSSR count). The van der Waals surface area contributed by atoms with Crippen molar-refractivity contribution in [3.63, 3.8) is 0 Å². The van der Waals surface area contributed by atoms with Crippen LogP contribution in [0.2, 0.25) is 0 Å². The standard InChI is InChI=1S/C15H23BrN2O/c1-15(12-17,18-7-2-9-19-10-8-18)11-13-3-5-14(16)6-4-13/h3-6H,2,7-12,17H2,1H3. The molecule has 1 unspecified atom stereocenters. The molecule has 1 heterocycles. The van der Waals surface area contributed by atoms with Gasteiger partial charge in [-0.1, -0.05) is 28.1 Å². The first kappa shape index (κ1) is 15.0. The first-order valence-electron chi connectivity index (χ1n) is 6.91. The molecule has 1 aromatic carbocycles. The van der Waals surface area contributed by atoms with Crippen LogP contribution in [-0.4, -0.2) is 43.3 Å². The SMILES string of the molecule is CC(CN)(Cc1ccc(Br)cc1)N1CCCOCC1. The van der Waals surface area contributed by atoms with Gasteiger partial charge in [-0.3, -0.25) is 4.90 Å². The zero-order chi connectivity index (χ0) is 13.7. The van der Waals surface area contributed by atoms with E-state index in [9.17, 15) is 0 Å². The van der Waals surface area contributed by atoms with E-state index in [0.29, 0.717) is 6.54 Å². The molecule has 0 saturated carbocycles. The van der Waals surface area contributed by atoms with Gasteiger partial charge in [0.05, 0.1) is 6.61 Å². The lowest BCUT2D eigenvalue weighted by atomic mass is 9.90. The van der Waals surface area contributed by atoms with Gasteiger partial charge >= 0.3 is 0 Å². The third-order valence-corrected chi connectivity index (χ3v) is 4.45. The number of hydrogen-bond acceptors (Lipinski definition) is 3. The predicted molar refractivity (Wildman–Crippen MR) is 82.3 cm³/mol. The highest BCUT2D eigenvalue weighted by molar-refractivity contribution is 9.10. The quantitative estimate of drug-likeness (QED) is 0.923. The van der Waals surface area contributed by atoms with E-state index in [1.807, 2.05) is 0 Å². The fourth-order valence-corrected chi connectivity index (χ4v) is 2.91. The van der Waals surface area contributed by atoms with E-state index in [0.717, 1.165) is 43.6 Å². The Morgan fingerprint density at radius 2 is 2.00 bits per heavy atom. The van der Waals surface area contributed by atoms with Crippen LogP contribution in [-0.2, 0) is 11.2 Å². The summed E-state index contributed by atoms with van der Waals surface area (Å²) in [5.41, 5.74) is 7.42. The summed E-state index contributed by atoms with van der Waals surface area (Å²) in [7, 11) is 0. The Balaban J connectivity index is 2.09. The molecule has 106 valence electrons. The zero-order valence-electron chi connectivity index (χ0n) is 11.6. The highest BCUT2D eigenvalue weighted by Gasteiger charge is 2.31. The zero-order valence-corrected chi connectivity index (χ0v) is 13.2.